The predicted octanol–water partition coefficient (Wildman–Crippen LogP) is 2.96. The molecule has 1 rings (SSSR count). The van der Waals surface area contributed by atoms with E-state index >= 15 is 0 Å². The molecule has 4 heteroatoms. The van der Waals surface area contributed by atoms with Crippen molar-refractivity contribution in [3.63, 3.8) is 0 Å². The molecule has 4 nitrogen and oxygen atoms in total. The Balaban J connectivity index is 2.65. The van der Waals surface area contributed by atoms with Crippen LogP contribution in [0.1, 0.15) is 66.7 Å². The van der Waals surface area contributed by atoms with Crippen LogP contribution in [0, 0.1) is 0 Å². The number of ether oxygens (including phenoxy) is 1. The van der Waals surface area contributed by atoms with E-state index in [-0.39, 0.29) is 12.0 Å². The second-order valence-corrected chi connectivity index (χ2v) is 6.70. The number of hydrogen-bond acceptors (Lipinski definition) is 4. The van der Waals surface area contributed by atoms with Gasteiger partial charge in [0.05, 0.1) is 6.61 Å². The molecule has 1 heterocycles. The summed E-state index contributed by atoms with van der Waals surface area (Å²) in [6, 6.07) is 0.951. The number of esters is 1. The minimum absolute atomic E-state index is 0.122. The minimum atomic E-state index is -0.583. The van der Waals surface area contributed by atoms with Gasteiger partial charge in [0, 0.05) is 18.6 Å². The largest absolute Gasteiger partial charge is 0.465 e. The molecule has 2 atom stereocenters. The fourth-order valence-electron chi connectivity index (χ4n) is 3.34. The van der Waals surface area contributed by atoms with Crippen LogP contribution in [0.4, 0.5) is 0 Å². The zero-order valence-corrected chi connectivity index (χ0v) is 14.6. The molecular weight excluding hydrogens is 264 g/mol. The van der Waals surface area contributed by atoms with E-state index in [9.17, 15) is 4.79 Å². The summed E-state index contributed by atoms with van der Waals surface area (Å²) in [4.78, 5) is 14.9. The Labute approximate surface area is 130 Å². The van der Waals surface area contributed by atoms with E-state index in [0.717, 1.165) is 13.0 Å². The normalized spacial score (nSPS) is 23.0. The number of carbonyl (C=O) groups is 1. The van der Waals surface area contributed by atoms with Crippen LogP contribution in [0.25, 0.3) is 0 Å². The lowest BCUT2D eigenvalue weighted by Crippen LogP contribution is -2.55. The highest BCUT2D eigenvalue weighted by Gasteiger charge is 2.36. The third kappa shape index (κ3) is 5.59. The van der Waals surface area contributed by atoms with Crippen LogP contribution in [-0.2, 0) is 9.53 Å². The van der Waals surface area contributed by atoms with Gasteiger partial charge in [-0.1, -0.05) is 13.3 Å². The number of hydrogen-bond donors (Lipinski definition) is 1. The summed E-state index contributed by atoms with van der Waals surface area (Å²) in [5, 5.41) is 3.41. The van der Waals surface area contributed by atoms with Gasteiger partial charge in [-0.3, -0.25) is 10.1 Å². The van der Waals surface area contributed by atoms with Gasteiger partial charge in [0.2, 0.25) is 0 Å². The fourth-order valence-corrected chi connectivity index (χ4v) is 3.34. The number of rotatable bonds is 8. The van der Waals surface area contributed by atoms with Crippen LogP contribution in [0.5, 0.6) is 0 Å². The molecule has 0 aromatic carbocycles. The van der Waals surface area contributed by atoms with Crippen molar-refractivity contribution in [1.29, 1.82) is 0 Å². The monoisotopic (exact) mass is 298 g/mol. The first-order valence-corrected chi connectivity index (χ1v) is 8.62. The first-order valence-electron chi connectivity index (χ1n) is 8.62. The fraction of sp³-hybridized carbons (Fsp3) is 0.941. The molecule has 1 saturated heterocycles. The number of likely N-dealkylation sites (tertiary alicyclic amines) is 1. The van der Waals surface area contributed by atoms with Gasteiger partial charge in [-0.2, -0.15) is 0 Å². The summed E-state index contributed by atoms with van der Waals surface area (Å²) in [6.07, 6.45) is 5.93. The molecule has 1 aliphatic heterocycles. The molecule has 2 unspecified atom stereocenters. The first kappa shape index (κ1) is 18.4. The van der Waals surface area contributed by atoms with E-state index in [4.69, 9.17) is 4.74 Å². The van der Waals surface area contributed by atoms with Gasteiger partial charge < -0.3 is 9.64 Å². The first-order chi connectivity index (χ1) is 9.92. The van der Waals surface area contributed by atoms with Gasteiger partial charge >= 0.3 is 5.97 Å². The average Bonchev–Trinajstić information content (AvgIpc) is 2.45. The summed E-state index contributed by atoms with van der Waals surface area (Å²) < 4.78 is 5.28. The molecular formula is C17H34N2O2. The van der Waals surface area contributed by atoms with Crippen LogP contribution < -0.4 is 5.32 Å². The Morgan fingerprint density at radius 1 is 1.38 bits per heavy atom. The Morgan fingerprint density at radius 2 is 2.10 bits per heavy atom. The van der Waals surface area contributed by atoms with Crippen molar-refractivity contribution >= 4 is 5.97 Å². The maximum absolute atomic E-state index is 12.3. The molecule has 0 radical (unpaired) electrons. The molecule has 21 heavy (non-hydrogen) atoms. The third-order valence-corrected chi connectivity index (χ3v) is 4.45. The van der Waals surface area contributed by atoms with Gasteiger partial charge in [0.15, 0.2) is 0 Å². The average molecular weight is 298 g/mol. The number of carbonyl (C=O) groups excluding carboxylic acids is 1. The smallest absolute Gasteiger partial charge is 0.326 e. The topological polar surface area (TPSA) is 41.6 Å². The molecule has 0 aromatic rings. The van der Waals surface area contributed by atoms with E-state index in [1.165, 1.54) is 32.2 Å². The SMILES string of the molecule is CCOC(=O)C(C)(CCN1CCCCC1CC)NC(C)C. The number of piperidine rings is 1. The van der Waals surface area contributed by atoms with Crippen molar-refractivity contribution < 1.29 is 9.53 Å². The summed E-state index contributed by atoms with van der Waals surface area (Å²) >= 11 is 0. The van der Waals surface area contributed by atoms with Gasteiger partial charge in [0.25, 0.3) is 0 Å². The maximum atomic E-state index is 12.3. The van der Waals surface area contributed by atoms with Crippen molar-refractivity contribution in [2.75, 3.05) is 19.7 Å². The summed E-state index contributed by atoms with van der Waals surface area (Å²) in [5.74, 6) is -0.122. The van der Waals surface area contributed by atoms with E-state index < -0.39 is 5.54 Å². The van der Waals surface area contributed by atoms with Crippen LogP contribution in [0.15, 0.2) is 0 Å². The molecule has 0 spiro atoms. The highest BCUT2D eigenvalue weighted by molar-refractivity contribution is 5.80. The van der Waals surface area contributed by atoms with Crippen molar-refractivity contribution in [3.05, 3.63) is 0 Å². The van der Waals surface area contributed by atoms with E-state index in [0.29, 0.717) is 12.6 Å². The lowest BCUT2D eigenvalue weighted by atomic mass is 9.94. The minimum Gasteiger partial charge on any atom is -0.465 e. The zero-order valence-electron chi connectivity index (χ0n) is 14.6. The van der Waals surface area contributed by atoms with Crippen molar-refractivity contribution in [2.24, 2.45) is 0 Å². The summed E-state index contributed by atoms with van der Waals surface area (Å²) in [7, 11) is 0. The Kier molecular flexibility index (Phi) is 7.67. The second-order valence-electron chi connectivity index (χ2n) is 6.70. The molecule has 124 valence electrons. The molecule has 0 bridgehead atoms. The third-order valence-electron chi connectivity index (χ3n) is 4.45. The quantitative estimate of drug-likeness (QED) is 0.700. The lowest BCUT2D eigenvalue weighted by Gasteiger charge is -2.38. The zero-order chi connectivity index (χ0) is 15.9. The van der Waals surface area contributed by atoms with Gasteiger partial charge in [-0.25, -0.2) is 0 Å². The van der Waals surface area contributed by atoms with Gasteiger partial charge in [-0.05, 0) is 59.9 Å². The standard InChI is InChI=1S/C17H34N2O2/c1-6-15-10-8-9-12-19(15)13-11-17(5,18-14(3)4)16(20)21-7-2/h14-15,18H,6-13H2,1-5H3. The predicted molar refractivity (Wildman–Crippen MR) is 87.4 cm³/mol. The van der Waals surface area contributed by atoms with Gasteiger partial charge in [0.1, 0.15) is 5.54 Å². The van der Waals surface area contributed by atoms with Gasteiger partial charge in [-0.15, -0.1) is 0 Å². The van der Waals surface area contributed by atoms with Crippen molar-refractivity contribution in [1.82, 2.24) is 10.2 Å². The highest BCUT2D eigenvalue weighted by Crippen LogP contribution is 2.22. The van der Waals surface area contributed by atoms with Crippen LogP contribution in [-0.4, -0.2) is 48.2 Å². The highest BCUT2D eigenvalue weighted by atomic mass is 16.5. The van der Waals surface area contributed by atoms with Crippen molar-refractivity contribution in [2.45, 2.75) is 84.3 Å². The van der Waals surface area contributed by atoms with E-state index in [1.807, 2.05) is 13.8 Å². The van der Waals surface area contributed by atoms with Crippen LogP contribution in [0.2, 0.25) is 0 Å². The van der Waals surface area contributed by atoms with Crippen molar-refractivity contribution in [3.8, 4) is 0 Å². The molecule has 0 saturated carbocycles. The second kappa shape index (κ2) is 8.74. The molecule has 0 aliphatic carbocycles. The Bertz CT molecular complexity index is 320. The summed E-state index contributed by atoms with van der Waals surface area (Å²) in [5.41, 5.74) is -0.583. The maximum Gasteiger partial charge on any atom is 0.326 e. The summed E-state index contributed by atoms with van der Waals surface area (Å²) in [6.45, 7) is 12.8. The van der Waals surface area contributed by atoms with E-state index in [2.05, 4.69) is 31.0 Å². The lowest BCUT2D eigenvalue weighted by molar-refractivity contribution is -0.151. The van der Waals surface area contributed by atoms with Crippen LogP contribution >= 0.6 is 0 Å². The van der Waals surface area contributed by atoms with E-state index in [1.54, 1.807) is 0 Å². The molecule has 0 amide bonds. The number of nitrogens with zero attached hydrogens (tertiary/aromatic N) is 1. The Hall–Kier alpha value is -0.610. The molecule has 1 aliphatic rings. The molecule has 1 fully saturated rings. The molecule has 0 aromatic heterocycles. The van der Waals surface area contributed by atoms with Crippen LogP contribution in [0.3, 0.4) is 0 Å². The Morgan fingerprint density at radius 3 is 2.67 bits per heavy atom. The molecule has 1 N–H and O–H groups in total. The number of nitrogens with one attached hydrogen (secondary N) is 1.